The van der Waals surface area contributed by atoms with Crippen LogP contribution >= 0.6 is 0 Å². The van der Waals surface area contributed by atoms with Crippen molar-refractivity contribution >= 4 is 5.78 Å². The average molecular weight is 279 g/mol. The van der Waals surface area contributed by atoms with Crippen LogP contribution in [0.2, 0.25) is 0 Å². The van der Waals surface area contributed by atoms with Gasteiger partial charge in [0.25, 0.3) is 0 Å². The van der Waals surface area contributed by atoms with Crippen LogP contribution in [0.25, 0.3) is 5.69 Å². The summed E-state index contributed by atoms with van der Waals surface area (Å²) in [5.74, 6) is 0.180. The molecule has 0 saturated heterocycles. The van der Waals surface area contributed by atoms with Crippen LogP contribution in [-0.4, -0.2) is 27.7 Å². The number of aromatic nitrogens is 3. The van der Waals surface area contributed by atoms with Crippen molar-refractivity contribution in [3.63, 3.8) is 0 Å². The molecular formula is C16H13N3O2. The molecule has 5 nitrogen and oxygen atoms in total. The summed E-state index contributed by atoms with van der Waals surface area (Å²) >= 11 is 0. The van der Waals surface area contributed by atoms with E-state index in [1.54, 1.807) is 35.3 Å². The molecule has 0 fully saturated rings. The quantitative estimate of drug-likeness (QED) is 0.688. The number of hydrogen-bond donors (Lipinski definition) is 0. The number of carbonyl (C=O) groups excluding carboxylic acids is 1. The topological polar surface area (TPSA) is 57.0 Å². The fraction of sp³-hybridized carbons (Fsp3) is 0.0625. The number of nitrogens with zero attached hydrogens (tertiary/aromatic N) is 3. The molecule has 0 saturated carbocycles. The number of hydrogen-bond acceptors (Lipinski definition) is 4. The van der Waals surface area contributed by atoms with Crippen LogP contribution < -0.4 is 4.74 Å². The molecule has 0 spiro atoms. The molecule has 0 bridgehead atoms. The van der Waals surface area contributed by atoms with Gasteiger partial charge in [0.2, 0.25) is 5.78 Å². The average Bonchev–Trinajstić information content (AvgIpc) is 3.05. The Balaban J connectivity index is 1.95. The van der Waals surface area contributed by atoms with Crippen LogP contribution in [0.1, 0.15) is 16.2 Å². The van der Waals surface area contributed by atoms with Gasteiger partial charge in [0.05, 0.1) is 12.8 Å². The van der Waals surface area contributed by atoms with Gasteiger partial charge in [0.15, 0.2) is 5.69 Å². The second-order valence-corrected chi connectivity index (χ2v) is 4.36. The molecule has 3 aromatic rings. The SMILES string of the molecule is COc1cccnc1C(=O)c1ccn(-c2ccccc2)n1. The maximum atomic E-state index is 12.5. The number of ether oxygens (including phenoxy) is 1. The minimum Gasteiger partial charge on any atom is -0.494 e. The lowest BCUT2D eigenvalue weighted by Gasteiger charge is -2.04. The largest absolute Gasteiger partial charge is 0.494 e. The molecule has 104 valence electrons. The lowest BCUT2D eigenvalue weighted by molar-refractivity contribution is 0.102. The molecule has 0 aliphatic carbocycles. The first-order valence-electron chi connectivity index (χ1n) is 6.44. The van der Waals surface area contributed by atoms with Gasteiger partial charge in [-0.1, -0.05) is 18.2 Å². The van der Waals surface area contributed by atoms with Crippen molar-refractivity contribution in [1.29, 1.82) is 0 Å². The fourth-order valence-electron chi connectivity index (χ4n) is 2.02. The Hall–Kier alpha value is -2.95. The third kappa shape index (κ3) is 2.53. The van der Waals surface area contributed by atoms with Crippen LogP contribution in [0, 0.1) is 0 Å². The zero-order chi connectivity index (χ0) is 14.7. The van der Waals surface area contributed by atoms with Gasteiger partial charge in [-0.05, 0) is 30.3 Å². The first kappa shape index (κ1) is 13.1. The van der Waals surface area contributed by atoms with E-state index in [4.69, 9.17) is 4.74 Å². The third-order valence-electron chi connectivity index (χ3n) is 3.05. The van der Waals surface area contributed by atoms with Crippen LogP contribution in [0.4, 0.5) is 0 Å². The summed E-state index contributed by atoms with van der Waals surface area (Å²) < 4.78 is 6.82. The summed E-state index contributed by atoms with van der Waals surface area (Å²) in [6, 6.07) is 14.7. The summed E-state index contributed by atoms with van der Waals surface area (Å²) in [7, 11) is 1.51. The second-order valence-electron chi connectivity index (χ2n) is 4.36. The first-order chi connectivity index (χ1) is 10.3. The van der Waals surface area contributed by atoms with E-state index in [-0.39, 0.29) is 11.5 Å². The van der Waals surface area contributed by atoms with E-state index in [0.717, 1.165) is 5.69 Å². The number of carbonyl (C=O) groups is 1. The van der Waals surface area contributed by atoms with Crippen LogP contribution in [-0.2, 0) is 0 Å². The number of methoxy groups -OCH3 is 1. The molecule has 0 unspecified atom stereocenters. The Morgan fingerprint density at radius 1 is 1.10 bits per heavy atom. The summed E-state index contributed by atoms with van der Waals surface area (Å²) in [5.41, 5.74) is 1.48. The molecule has 21 heavy (non-hydrogen) atoms. The zero-order valence-corrected chi connectivity index (χ0v) is 11.4. The number of ketones is 1. The summed E-state index contributed by atoms with van der Waals surface area (Å²) in [4.78, 5) is 16.5. The highest BCUT2D eigenvalue weighted by molar-refractivity contribution is 6.08. The molecule has 0 amide bonds. The number of para-hydroxylation sites is 1. The summed E-state index contributed by atoms with van der Waals surface area (Å²) in [5, 5.41) is 4.30. The van der Waals surface area contributed by atoms with Crippen molar-refractivity contribution in [2.45, 2.75) is 0 Å². The van der Waals surface area contributed by atoms with Gasteiger partial charge in [-0.3, -0.25) is 4.79 Å². The third-order valence-corrected chi connectivity index (χ3v) is 3.05. The molecule has 2 aromatic heterocycles. The molecule has 1 aromatic carbocycles. The standard InChI is InChI=1S/C16H13N3O2/c1-21-14-8-5-10-17-15(14)16(20)13-9-11-19(18-13)12-6-3-2-4-7-12/h2-11H,1H3. The molecule has 0 atom stereocenters. The molecule has 5 heteroatoms. The van der Waals surface area contributed by atoms with Gasteiger partial charge >= 0.3 is 0 Å². The van der Waals surface area contributed by atoms with Gasteiger partial charge in [0, 0.05) is 12.4 Å². The molecule has 0 aliphatic heterocycles. The van der Waals surface area contributed by atoms with E-state index >= 15 is 0 Å². The number of rotatable bonds is 4. The first-order valence-corrected chi connectivity index (χ1v) is 6.44. The maximum absolute atomic E-state index is 12.5. The van der Waals surface area contributed by atoms with Gasteiger partial charge in [-0.15, -0.1) is 0 Å². The Labute approximate surface area is 121 Å². The predicted octanol–water partition coefficient (Wildman–Crippen LogP) is 2.51. The fourth-order valence-corrected chi connectivity index (χ4v) is 2.02. The van der Waals surface area contributed by atoms with Gasteiger partial charge in [0.1, 0.15) is 11.4 Å². The Morgan fingerprint density at radius 3 is 2.67 bits per heavy atom. The number of pyridine rings is 1. The van der Waals surface area contributed by atoms with Crippen molar-refractivity contribution < 1.29 is 9.53 Å². The summed E-state index contributed by atoms with van der Waals surface area (Å²) in [6.45, 7) is 0. The second kappa shape index (κ2) is 5.58. The number of benzene rings is 1. The monoisotopic (exact) mass is 279 g/mol. The molecule has 0 radical (unpaired) electrons. The molecular weight excluding hydrogens is 266 g/mol. The van der Waals surface area contributed by atoms with E-state index in [0.29, 0.717) is 11.4 Å². The van der Waals surface area contributed by atoms with Crippen molar-refractivity contribution in [1.82, 2.24) is 14.8 Å². The van der Waals surface area contributed by atoms with E-state index in [1.807, 2.05) is 30.3 Å². The Bertz CT molecular complexity index is 766. The minimum atomic E-state index is -0.262. The minimum absolute atomic E-state index is 0.262. The van der Waals surface area contributed by atoms with Crippen molar-refractivity contribution in [2.24, 2.45) is 0 Å². The molecule has 2 heterocycles. The van der Waals surface area contributed by atoms with Gasteiger partial charge < -0.3 is 4.74 Å². The highest BCUT2D eigenvalue weighted by Crippen LogP contribution is 2.18. The maximum Gasteiger partial charge on any atom is 0.235 e. The van der Waals surface area contributed by atoms with Crippen molar-refractivity contribution in [3.05, 3.63) is 72.3 Å². The van der Waals surface area contributed by atoms with E-state index in [9.17, 15) is 4.79 Å². The lowest BCUT2D eigenvalue weighted by atomic mass is 10.2. The highest BCUT2D eigenvalue weighted by atomic mass is 16.5. The van der Waals surface area contributed by atoms with Crippen molar-refractivity contribution in [2.75, 3.05) is 7.11 Å². The van der Waals surface area contributed by atoms with E-state index in [2.05, 4.69) is 10.1 Å². The predicted molar refractivity (Wildman–Crippen MR) is 77.8 cm³/mol. The smallest absolute Gasteiger partial charge is 0.235 e. The van der Waals surface area contributed by atoms with Crippen molar-refractivity contribution in [3.8, 4) is 11.4 Å². The molecule has 0 N–H and O–H groups in total. The molecule has 3 rings (SSSR count). The summed E-state index contributed by atoms with van der Waals surface area (Å²) in [6.07, 6.45) is 3.31. The van der Waals surface area contributed by atoms with E-state index in [1.165, 1.54) is 7.11 Å². The lowest BCUT2D eigenvalue weighted by Crippen LogP contribution is -2.08. The van der Waals surface area contributed by atoms with Gasteiger partial charge in [-0.25, -0.2) is 9.67 Å². The Kier molecular flexibility index (Phi) is 3.47. The normalized spacial score (nSPS) is 10.3. The van der Waals surface area contributed by atoms with Gasteiger partial charge in [-0.2, -0.15) is 5.10 Å². The molecule has 0 aliphatic rings. The van der Waals surface area contributed by atoms with Crippen LogP contribution in [0.3, 0.4) is 0 Å². The highest BCUT2D eigenvalue weighted by Gasteiger charge is 2.18. The van der Waals surface area contributed by atoms with Crippen LogP contribution in [0.15, 0.2) is 60.9 Å². The zero-order valence-electron chi connectivity index (χ0n) is 11.4. The Morgan fingerprint density at radius 2 is 1.90 bits per heavy atom. The van der Waals surface area contributed by atoms with E-state index < -0.39 is 0 Å². The van der Waals surface area contributed by atoms with Crippen LogP contribution in [0.5, 0.6) is 5.75 Å².